The Kier molecular flexibility index (Phi) is 3.65. The van der Waals surface area contributed by atoms with Gasteiger partial charge >= 0.3 is 5.97 Å². The zero-order valence-corrected chi connectivity index (χ0v) is 12.6. The second kappa shape index (κ2) is 4.66. The van der Waals surface area contributed by atoms with Crippen LogP contribution >= 0.6 is 39.1 Å². The first kappa shape index (κ1) is 14.1. The number of halogens is 4. The van der Waals surface area contributed by atoms with Gasteiger partial charge in [-0.3, -0.25) is 4.79 Å². The highest BCUT2D eigenvalue weighted by molar-refractivity contribution is 9.10. The van der Waals surface area contributed by atoms with Crippen LogP contribution in [-0.2, 0) is 16.1 Å². The van der Waals surface area contributed by atoms with Gasteiger partial charge in [0.25, 0.3) is 0 Å². The average molecular weight is 356 g/mol. The molecule has 6 heteroatoms. The third-order valence-electron chi connectivity index (χ3n) is 3.08. The van der Waals surface area contributed by atoms with Crippen molar-refractivity contribution in [2.45, 2.75) is 24.3 Å². The number of carbonyl (C=O) groups excluding carboxylic acids is 1. The molecule has 0 aliphatic heterocycles. The Hall–Kier alpha value is -0.320. The zero-order valence-electron chi connectivity index (χ0n) is 9.47. The van der Waals surface area contributed by atoms with Crippen molar-refractivity contribution in [3.63, 3.8) is 0 Å². The van der Waals surface area contributed by atoms with E-state index >= 15 is 0 Å². The molecule has 2 rings (SSSR count). The molecule has 1 aliphatic carbocycles. The van der Waals surface area contributed by atoms with Gasteiger partial charge in [0, 0.05) is 16.5 Å². The van der Waals surface area contributed by atoms with Gasteiger partial charge in [0.2, 0.25) is 0 Å². The molecule has 0 N–H and O–H groups in total. The van der Waals surface area contributed by atoms with Crippen LogP contribution in [0.3, 0.4) is 0 Å². The quantitative estimate of drug-likeness (QED) is 0.599. The smallest absolute Gasteiger partial charge is 0.315 e. The van der Waals surface area contributed by atoms with Crippen molar-refractivity contribution in [2.24, 2.45) is 5.41 Å². The summed E-state index contributed by atoms with van der Waals surface area (Å²) in [6.07, 6.45) is 0.381. The fourth-order valence-electron chi connectivity index (χ4n) is 1.56. The van der Waals surface area contributed by atoms with E-state index in [4.69, 9.17) is 27.9 Å². The summed E-state index contributed by atoms with van der Waals surface area (Å²) in [7, 11) is 0. The maximum atomic E-state index is 12.9. The first-order chi connectivity index (χ1) is 8.26. The van der Waals surface area contributed by atoms with E-state index in [1.165, 1.54) is 12.1 Å². The molecule has 1 unspecified atom stereocenters. The molecule has 0 aromatic heterocycles. The number of ether oxygens (including phenoxy) is 1. The minimum atomic E-state index is -1.04. The molecule has 0 radical (unpaired) electrons. The fraction of sp³-hybridized carbons (Fsp3) is 0.417. The molecular formula is C12H10BrCl2FO2. The maximum Gasteiger partial charge on any atom is 0.315 e. The summed E-state index contributed by atoms with van der Waals surface area (Å²) in [5, 5.41) is 0. The van der Waals surface area contributed by atoms with Crippen LogP contribution in [0.25, 0.3) is 0 Å². The summed E-state index contributed by atoms with van der Waals surface area (Å²) in [4.78, 5) is 11.8. The fourth-order valence-corrected chi connectivity index (χ4v) is 2.72. The summed E-state index contributed by atoms with van der Waals surface area (Å²) in [5.74, 6) is -0.796. The second-order valence-corrected chi connectivity index (χ2v) is 6.86. The number of esters is 1. The van der Waals surface area contributed by atoms with Gasteiger partial charge in [0.1, 0.15) is 22.2 Å². The van der Waals surface area contributed by atoms with Crippen molar-refractivity contribution in [1.82, 2.24) is 0 Å². The molecule has 0 bridgehead atoms. The van der Waals surface area contributed by atoms with Gasteiger partial charge in [0.15, 0.2) is 0 Å². The molecule has 1 fully saturated rings. The number of hydrogen-bond donors (Lipinski definition) is 0. The van der Waals surface area contributed by atoms with E-state index in [1.807, 2.05) is 0 Å². The lowest BCUT2D eigenvalue weighted by molar-refractivity contribution is -0.150. The number of rotatable bonds is 3. The Bertz CT molecular complexity index is 507. The monoisotopic (exact) mass is 354 g/mol. The van der Waals surface area contributed by atoms with Gasteiger partial charge in [-0.1, -0.05) is 22.0 Å². The van der Waals surface area contributed by atoms with E-state index in [0.29, 0.717) is 16.5 Å². The van der Waals surface area contributed by atoms with Gasteiger partial charge in [-0.05, 0) is 19.1 Å². The molecule has 2 nitrogen and oxygen atoms in total. The van der Waals surface area contributed by atoms with E-state index in [-0.39, 0.29) is 12.4 Å². The lowest BCUT2D eigenvalue weighted by atomic mass is 10.1. The summed E-state index contributed by atoms with van der Waals surface area (Å²) in [6.45, 7) is 1.72. The van der Waals surface area contributed by atoms with Crippen molar-refractivity contribution in [2.75, 3.05) is 0 Å². The van der Waals surface area contributed by atoms with Crippen molar-refractivity contribution < 1.29 is 13.9 Å². The molecule has 1 saturated carbocycles. The van der Waals surface area contributed by atoms with Crippen molar-refractivity contribution in [1.29, 1.82) is 0 Å². The largest absolute Gasteiger partial charge is 0.460 e. The molecule has 0 spiro atoms. The Morgan fingerprint density at radius 3 is 2.67 bits per heavy atom. The molecule has 1 atom stereocenters. The summed E-state index contributed by atoms with van der Waals surface area (Å²) >= 11 is 15.0. The van der Waals surface area contributed by atoms with E-state index < -0.39 is 15.7 Å². The van der Waals surface area contributed by atoms with E-state index in [2.05, 4.69) is 15.9 Å². The minimum absolute atomic E-state index is 0.0547. The Balaban J connectivity index is 1.99. The van der Waals surface area contributed by atoms with Crippen LogP contribution in [0, 0.1) is 11.2 Å². The van der Waals surface area contributed by atoms with Crippen LogP contribution < -0.4 is 0 Å². The number of hydrogen-bond acceptors (Lipinski definition) is 2. The van der Waals surface area contributed by atoms with Crippen LogP contribution in [0.1, 0.15) is 18.9 Å². The Morgan fingerprint density at radius 1 is 1.56 bits per heavy atom. The molecule has 0 heterocycles. The van der Waals surface area contributed by atoms with Gasteiger partial charge in [-0.15, -0.1) is 23.2 Å². The molecule has 1 aromatic rings. The van der Waals surface area contributed by atoms with E-state index in [1.54, 1.807) is 13.0 Å². The highest BCUT2D eigenvalue weighted by Gasteiger charge is 2.69. The van der Waals surface area contributed by atoms with Gasteiger partial charge in [-0.2, -0.15) is 0 Å². The maximum absolute atomic E-state index is 12.9. The zero-order chi connectivity index (χ0) is 13.6. The highest BCUT2D eigenvalue weighted by Crippen LogP contribution is 2.64. The van der Waals surface area contributed by atoms with Crippen LogP contribution in [0.2, 0.25) is 0 Å². The molecule has 18 heavy (non-hydrogen) atoms. The third kappa shape index (κ3) is 2.51. The van der Waals surface area contributed by atoms with Crippen molar-refractivity contribution in [3.05, 3.63) is 34.1 Å². The Morgan fingerprint density at radius 2 is 2.17 bits per heavy atom. The van der Waals surface area contributed by atoms with Gasteiger partial charge < -0.3 is 4.74 Å². The van der Waals surface area contributed by atoms with Crippen molar-refractivity contribution >= 4 is 45.1 Å². The summed E-state index contributed by atoms with van der Waals surface area (Å²) < 4.78 is 17.5. The van der Waals surface area contributed by atoms with Crippen LogP contribution in [-0.4, -0.2) is 10.3 Å². The predicted octanol–water partition coefficient (Wildman–Crippen LogP) is 4.22. The molecule has 0 saturated heterocycles. The molecule has 1 aliphatic rings. The van der Waals surface area contributed by atoms with Crippen LogP contribution in [0.5, 0.6) is 0 Å². The number of benzene rings is 1. The topological polar surface area (TPSA) is 26.3 Å². The molecule has 1 aromatic carbocycles. The molecule has 98 valence electrons. The lowest BCUT2D eigenvalue weighted by Crippen LogP contribution is -2.21. The second-order valence-electron chi connectivity index (χ2n) is 4.53. The van der Waals surface area contributed by atoms with Crippen molar-refractivity contribution in [3.8, 4) is 0 Å². The summed E-state index contributed by atoms with van der Waals surface area (Å²) in [5.41, 5.74) is -0.161. The Labute approximate surface area is 123 Å². The lowest BCUT2D eigenvalue weighted by Gasteiger charge is -2.12. The van der Waals surface area contributed by atoms with Crippen LogP contribution in [0.15, 0.2) is 22.7 Å². The molecule has 0 amide bonds. The number of alkyl halides is 2. The normalized spacial score (nSPS) is 24.7. The van der Waals surface area contributed by atoms with E-state index in [0.717, 1.165) is 0 Å². The summed E-state index contributed by atoms with van der Waals surface area (Å²) in [6, 6.07) is 4.17. The highest BCUT2D eigenvalue weighted by atomic mass is 79.9. The predicted molar refractivity (Wildman–Crippen MR) is 71.1 cm³/mol. The SMILES string of the molecule is CC1(C(=O)OCc2ccc(F)cc2Br)CC1(Cl)Cl. The standard InChI is InChI=1S/C12H10BrCl2FO2/c1-11(6-12(11,14)15)10(17)18-5-7-2-3-8(16)4-9(7)13/h2-4H,5-6H2,1H3. The van der Waals surface area contributed by atoms with Crippen LogP contribution in [0.4, 0.5) is 4.39 Å². The number of carbonyl (C=O) groups is 1. The molecular weight excluding hydrogens is 346 g/mol. The first-order valence-electron chi connectivity index (χ1n) is 5.25. The van der Waals surface area contributed by atoms with Gasteiger partial charge in [0.05, 0.1) is 0 Å². The average Bonchev–Trinajstić information content (AvgIpc) is 2.78. The first-order valence-corrected chi connectivity index (χ1v) is 6.80. The third-order valence-corrected chi connectivity index (χ3v) is 4.92. The minimum Gasteiger partial charge on any atom is -0.460 e. The van der Waals surface area contributed by atoms with E-state index in [9.17, 15) is 9.18 Å². The van der Waals surface area contributed by atoms with Gasteiger partial charge in [-0.25, -0.2) is 4.39 Å².